The van der Waals surface area contributed by atoms with Gasteiger partial charge in [-0.05, 0) is 46.3 Å². The van der Waals surface area contributed by atoms with Gasteiger partial charge in [0, 0.05) is 16.1 Å². The molecule has 0 aromatic heterocycles. The number of carbonyl (C=O) groups is 1. The third kappa shape index (κ3) is 2.82. The van der Waals surface area contributed by atoms with E-state index in [4.69, 9.17) is 9.47 Å². The topological polar surface area (TPSA) is 35.5 Å². The molecule has 0 aliphatic rings. The summed E-state index contributed by atoms with van der Waals surface area (Å²) in [4.78, 5) is 12.3. The van der Waals surface area contributed by atoms with Crippen molar-refractivity contribution in [2.75, 3.05) is 14.2 Å². The van der Waals surface area contributed by atoms with Crippen LogP contribution in [0.2, 0.25) is 0 Å². The molecular weight excluding hydrogens is 327 g/mol. The first-order valence-electron chi connectivity index (χ1n) is 5.78. The van der Waals surface area contributed by atoms with Gasteiger partial charge >= 0.3 is 0 Å². The van der Waals surface area contributed by atoms with Gasteiger partial charge in [0.15, 0.2) is 5.78 Å². The van der Waals surface area contributed by atoms with Crippen LogP contribution in [0.4, 0.5) is 4.39 Å². The summed E-state index contributed by atoms with van der Waals surface area (Å²) in [7, 11) is 2.97. The van der Waals surface area contributed by atoms with Crippen LogP contribution in [0.25, 0.3) is 0 Å². The highest BCUT2D eigenvalue weighted by Gasteiger charge is 2.17. The lowest BCUT2D eigenvalue weighted by atomic mass is 10.0. The van der Waals surface area contributed by atoms with E-state index in [0.717, 1.165) is 0 Å². The summed E-state index contributed by atoms with van der Waals surface area (Å²) in [5.41, 5.74) is 0.367. The molecule has 0 amide bonds. The van der Waals surface area contributed by atoms with Gasteiger partial charge in [-0.3, -0.25) is 4.79 Å². The Kier molecular flexibility index (Phi) is 4.39. The molecular formula is C15H12BrFO3. The molecule has 0 N–H and O–H groups in total. The van der Waals surface area contributed by atoms with Crippen LogP contribution in [0.3, 0.4) is 0 Å². The Bertz CT molecular complexity index is 600. The maximum atomic E-state index is 13.9. The van der Waals surface area contributed by atoms with Gasteiger partial charge in [0.05, 0.1) is 19.8 Å². The fourth-order valence-electron chi connectivity index (χ4n) is 1.76. The van der Waals surface area contributed by atoms with E-state index in [9.17, 15) is 9.18 Å². The molecule has 2 rings (SSSR count). The van der Waals surface area contributed by atoms with Crippen LogP contribution in [0.15, 0.2) is 40.9 Å². The van der Waals surface area contributed by atoms with Gasteiger partial charge in [0.1, 0.15) is 17.3 Å². The lowest BCUT2D eigenvalue weighted by Gasteiger charge is -2.08. The average molecular weight is 339 g/mol. The van der Waals surface area contributed by atoms with Crippen molar-refractivity contribution in [2.24, 2.45) is 0 Å². The second kappa shape index (κ2) is 6.05. The van der Waals surface area contributed by atoms with E-state index in [1.807, 2.05) is 0 Å². The third-order valence-electron chi connectivity index (χ3n) is 2.84. The van der Waals surface area contributed by atoms with E-state index in [-0.39, 0.29) is 5.56 Å². The second-order valence-corrected chi connectivity index (χ2v) is 4.88. The highest BCUT2D eigenvalue weighted by atomic mass is 79.9. The van der Waals surface area contributed by atoms with Crippen molar-refractivity contribution in [3.8, 4) is 11.5 Å². The molecule has 0 saturated carbocycles. The molecule has 0 atom stereocenters. The molecule has 0 bridgehead atoms. The maximum Gasteiger partial charge on any atom is 0.197 e. The van der Waals surface area contributed by atoms with E-state index < -0.39 is 11.6 Å². The maximum absolute atomic E-state index is 13.9. The van der Waals surface area contributed by atoms with E-state index in [2.05, 4.69) is 15.9 Å². The number of ether oxygens (including phenoxy) is 2. The molecule has 2 aromatic carbocycles. The number of hydrogen-bond donors (Lipinski definition) is 0. The Balaban J connectivity index is 2.41. The monoisotopic (exact) mass is 338 g/mol. The van der Waals surface area contributed by atoms with Crippen molar-refractivity contribution in [2.45, 2.75) is 0 Å². The van der Waals surface area contributed by atoms with Crippen LogP contribution in [0.5, 0.6) is 11.5 Å². The minimum atomic E-state index is -0.614. The lowest BCUT2D eigenvalue weighted by molar-refractivity contribution is 0.103. The fraction of sp³-hybridized carbons (Fsp3) is 0.133. The van der Waals surface area contributed by atoms with Crippen LogP contribution in [0, 0.1) is 5.82 Å². The van der Waals surface area contributed by atoms with Crippen LogP contribution in [-0.4, -0.2) is 20.0 Å². The molecule has 0 aliphatic heterocycles. The zero-order valence-corrected chi connectivity index (χ0v) is 12.5. The van der Waals surface area contributed by atoms with Crippen LogP contribution in [-0.2, 0) is 0 Å². The molecule has 0 saturated heterocycles. The Hall–Kier alpha value is -1.88. The number of ketones is 1. The summed E-state index contributed by atoms with van der Waals surface area (Å²) in [6.07, 6.45) is 0. The first kappa shape index (κ1) is 14.5. The zero-order chi connectivity index (χ0) is 14.7. The molecule has 0 fully saturated rings. The predicted molar refractivity (Wildman–Crippen MR) is 77.1 cm³/mol. The molecule has 0 aliphatic carbocycles. The molecule has 20 heavy (non-hydrogen) atoms. The summed E-state index contributed by atoms with van der Waals surface area (Å²) >= 11 is 3.29. The van der Waals surface area contributed by atoms with Crippen molar-refractivity contribution in [1.82, 2.24) is 0 Å². The molecule has 5 heteroatoms. The van der Waals surface area contributed by atoms with E-state index in [1.165, 1.54) is 26.4 Å². The van der Waals surface area contributed by atoms with Gasteiger partial charge in [-0.25, -0.2) is 4.39 Å². The number of hydrogen-bond acceptors (Lipinski definition) is 3. The van der Waals surface area contributed by atoms with Crippen LogP contribution in [0.1, 0.15) is 15.9 Å². The van der Waals surface area contributed by atoms with Crippen molar-refractivity contribution < 1.29 is 18.7 Å². The molecule has 0 heterocycles. The van der Waals surface area contributed by atoms with E-state index in [1.54, 1.807) is 24.3 Å². The first-order chi connectivity index (χ1) is 9.56. The molecule has 0 unspecified atom stereocenters. The van der Waals surface area contributed by atoms with Crippen LogP contribution < -0.4 is 9.47 Å². The second-order valence-electron chi connectivity index (χ2n) is 4.02. The lowest BCUT2D eigenvalue weighted by Crippen LogP contribution is -2.05. The quantitative estimate of drug-likeness (QED) is 0.794. The Morgan fingerprint density at radius 2 is 1.55 bits per heavy atom. The van der Waals surface area contributed by atoms with Crippen molar-refractivity contribution in [3.05, 3.63) is 57.8 Å². The van der Waals surface area contributed by atoms with Gasteiger partial charge in [-0.15, -0.1) is 0 Å². The zero-order valence-electron chi connectivity index (χ0n) is 10.9. The molecule has 104 valence electrons. The summed E-state index contributed by atoms with van der Waals surface area (Å²) in [5, 5.41) is 0. The normalized spacial score (nSPS) is 10.2. The SMILES string of the molecule is COc1ccc(C(=O)c2ccc(OC)cc2Br)c(F)c1. The minimum Gasteiger partial charge on any atom is -0.497 e. The highest BCUT2D eigenvalue weighted by molar-refractivity contribution is 9.10. The van der Waals surface area contributed by atoms with Gasteiger partial charge in [-0.1, -0.05) is 0 Å². The standard InChI is InChI=1S/C15H12BrFO3/c1-19-9-3-5-11(13(16)7-9)15(18)12-6-4-10(20-2)8-14(12)17/h3-8H,1-2H3. The van der Waals surface area contributed by atoms with E-state index in [0.29, 0.717) is 21.5 Å². The first-order valence-corrected chi connectivity index (χ1v) is 6.58. The summed E-state index contributed by atoms with van der Waals surface area (Å²) in [5.74, 6) is -0.0341. The predicted octanol–water partition coefficient (Wildman–Crippen LogP) is 3.84. The minimum absolute atomic E-state index is 0.00309. The van der Waals surface area contributed by atoms with Gasteiger partial charge < -0.3 is 9.47 Å². The molecule has 0 spiro atoms. The highest BCUT2D eigenvalue weighted by Crippen LogP contribution is 2.26. The number of carbonyl (C=O) groups excluding carboxylic acids is 1. The number of methoxy groups -OCH3 is 2. The largest absolute Gasteiger partial charge is 0.497 e. The van der Waals surface area contributed by atoms with Gasteiger partial charge in [0.25, 0.3) is 0 Å². The summed E-state index contributed by atoms with van der Waals surface area (Å²) in [6.45, 7) is 0. The molecule has 2 aromatic rings. The van der Waals surface area contributed by atoms with Crippen molar-refractivity contribution in [3.63, 3.8) is 0 Å². The van der Waals surface area contributed by atoms with Crippen molar-refractivity contribution >= 4 is 21.7 Å². The average Bonchev–Trinajstić information content (AvgIpc) is 2.46. The molecule has 0 radical (unpaired) electrons. The fourth-order valence-corrected chi connectivity index (χ4v) is 2.30. The molecule has 3 nitrogen and oxygen atoms in total. The van der Waals surface area contributed by atoms with E-state index >= 15 is 0 Å². The third-order valence-corrected chi connectivity index (χ3v) is 3.50. The Morgan fingerprint density at radius 3 is 2.05 bits per heavy atom. The van der Waals surface area contributed by atoms with Gasteiger partial charge in [-0.2, -0.15) is 0 Å². The smallest absolute Gasteiger partial charge is 0.197 e. The van der Waals surface area contributed by atoms with Crippen molar-refractivity contribution in [1.29, 1.82) is 0 Å². The number of benzene rings is 2. The Morgan fingerprint density at radius 1 is 1.00 bits per heavy atom. The van der Waals surface area contributed by atoms with Gasteiger partial charge in [0.2, 0.25) is 0 Å². The summed E-state index contributed by atoms with van der Waals surface area (Å²) in [6, 6.07) is 9.05. The number of halogens is 2. The summed E-state index contributed by atoms with van der Waals surface area (Å²) < 4.78 is 24.4. The van der Waals surface area contributed by atoms with Crippen LogP contribution >= 0.6 is 15.9 Å². The number of rotatable bonds is 4. The Labute approximate surface area is 124 Å².